The van der Waals surface area contributed by atoms with E-state index in [1.165, 1.54) is 87.7 Å². The van der Waals surface area contributed by atoms with Crippen LogP contribution in [-0.4, -0.2) is 9.13 Å². The maximum atomic E-state index is 6.76. The van der Waals surface area contributed by atoms with Gasteiger partial charge in [-0.25, -0.2) is 0 Å². The van der Waals surface area contributed by atoms with E-state index in [4.69, 9.17) is 4.74 Å². The van der Waals surface area contributed by atoms with Crippen molar-refractivity contribution in [3.8, 4) is 56.3 Å². The van der Waals surface area contributed by atoms with Crippen LogP contribution in [0.1, 0.15) is 0 Å². The number of hydrogen-bond donors (Lipinski definition) is 0. The molecule has 3 nitrogen and oxygen atoms in total. The minimum absolute atomic E-state index is 0.872. The lowest BCUT2D eigenvalue weighted by Gasteiger charge is -2.23. The molecule has 0 bridgehead atoms. The number of hydrogen-bond acceptors (Lipinski definition) is 1. The lowest BCUT2D eigenvalue weighted by molar-refractivity contribution is 0.487. The first kappa shape index (κ1) is 32.2. The molecule has 10 aromatic carbocycles. The van der Waals surface area contributed by atoms with E-state index in [1.54, 1.807) is 0 Å². The fourth-order valence-corrected chi connectivity index (χ4v) is 9.95. The van der Waals surface area contributed by atoms with Crippen LogP contribution in [0.25, 0.3) is 110 Å². The third-order valence-electron chi connectivity index (χ3n) is 12.5. The van der Waals surface area contributed by atoms with E-state index in [9.17, 15) is 0 Å². The molecule has 59 heavy (non-hydrogen) atoms. The average Bonchev–Trinajstić information content (AvgIpc) is 3.82. The SMILES string of the molecule is c1ccc(-c2ccc3c(c2)c2ccccc2n3-c2ccc(-c3ccc4c(c3)-c3cc5c(c6cccc(c36)O4)c3ccccc3n5-c3ccccc3)c3ccccc23)cc1. The second kappa shape index (κ2) is 12.3. The molecule has 2 aromatic heterocycles. The first-order valence-corrected chi connectivity index (χ1v) is 20.3. The third kappa shape index (κ3) is 4.64. The largest absolute Gasteiger partial charge is 0.456 e. The van der Waals surface area contributed by atoms with Crippen LogP contribution in [0.2, 0.25) is 0 Å². The van der Waals surface area contributed by atoms with Gasteiger partial charge in [-0.15, -0.1) is 0 Å². The Labute approximate surface area is 340 Å². The van der Waals surface area contributed by atoms with Crippen LogP contribution in [-0.2, 0) is 0 Å². The van der Waals surface area contributed by atoms with Gasteiger partial charge in [0.05, 0.1) is 27.8 Å². The van der Waals surface area contributed by atoms with Gasteiger partial charge < -0.3 is 13.9 Å². The van der Waals surface area contributed by atoms with E-state index in [0.717, 1.165) is 33.7 Å². The summed E-state index contributed by atoms with van der Waals surface area (Å²) in [6.45, 7) is 0. The summed E-state index contributed by atoms with van der Waals surface area (Å²) in [6, 6.07) is 74.9. The predicted octanol–water partition coefficient (Wildman–Crippen LogP) is 15.3. The number of aromatic nitrogens is 2. The van der Waals surface area contributed by atoms with Crippen LogP contribution >= 0.6 is 0 Å². The fourth-order valence-electron chi connectivity index (χ4n) is 9.95. The van der Waals surface area contributed by atoms with E-state index in [2.05, 4.69) is 215 Å². The second-order valence-electron chi connectivity index (χ2n) is 15.6. The summed E-state index contributed by atoms with van der Waals surface area (Å²) in [5.74, 6) is 1.77. The van der Waals surface area contributed by atoms with Gasteiger partial charge >= 0.3 is 0 Å². The summed E-state index contributed by atoms with van der Waals surface area (Å²) < 4.78 is 11.6. The molecule has 0 aliphatic carbocycles. The maximum Gasteiger partial charge on any atom is 0.135 e. The van der Waals surface area contributed by atoms with E-state index in [-0.39, 0.29) is 0 Å². The smallest absolute Gasteiger partial charge is 0.135 e. The Bertz CT molecular complexity index is 3690. The monoisotopic (exact) mass is 750 g/mol. The molecule has 12 aromatic rings. The molecule has 3 heteroatoms. The molecule has 1 aliphatic rings. The maximum absolute atomic E-state index is 6.76. The Balaban J connectivity index is 1.02. The van der Waals surface area contributed by atoms with Gasteiger partial charge in [0.15, 0.2) is 0 Å². The molecule has 0 saturated heterocycles. The van der Waals surface area contributed by atoms with Crippen LogP contribution in [0.15, 0.2) is 206 Å². The number of para-hydroxylation sites is 3. The number of fused-ring (bicyclic) bond motifs is 10. The van der Waals surface area contributed by atoms with Crippen molar-refractivity contribution in [2.75, 3.05) is 0 Å². The highest BCUT2D eigenvalue weighted by atomic mass is 16.5. The minimum atomic E-state index is 0.872. The number of benzene rings is 10. The number of ether oxygens (including phenoxy) is 1. The van der Waals surface area contributed by atoms with Crippen molar-refractivity contribution in [1.29, 1.82) is 0 Å². The second-order valence-corrected chi connectivity index (χ2v) is 15.6. The van der Waals surface area contributed by atoms with E-state index in [1.807, 2.05) is 0 Å². The molecule has 0 radical (unpaired) electrons. The highest BCUT2D eigenvalue weighted by molar-refractivity contribution is 6.26. The number of rotatable bonds is 4. The van der Waals surface area contributed by atoms with Gasteiger partial charge in [-0.2, -0.15) is 0 Å². The Morgan fingerprint density at radius 2 is 0.949 bits per heavy atom. The third-order valence-corrected chi connectivity index (χ3v) is 12.5. The highest BCUT2D eigenvalue weighted by Crippen LogP contribution is 2.52. The molecule has 274 valence electrons. The summed E-state index contributed by atoms with van der Waals surface area (Å²) in [5, 5.41) is 9.75. The van der Waals surface area contributed by atoms with Crippen molar-refractivity contribution in [2.45, 2.75) is 0 Å². The molecule has 0 spiro atoms. The van der Waals surface area contributed by atoms with Crippen LogP contribution < -0.4 is 4.74 Å². The summed E-state index contributed by atoms with van der Waals surface area (Å²) >= 11 is 0. The van der Waals surface area contributed by atoms with E-state index < -0.39 is 0 Å². The van der Waals surface area contributed by atoms with Crippen LogP contribution in [0, 0.1) is 0 Å². The summed E-state index contributed by atoms with van der Waals surface area (Å²) in [5.41, 5.74) is 14.2. The van der Waals surface area contributed by atoms with E-state index in [0.29, 0.717) is 0 Å². The zero-order valence-corrected chi connectivity index (χ0v) is 31.9. The Morgan fingerprint density at radius 3 is 1.78 bits per heavy atom. The zero-order valence-electron chi connectivity index (χ0n) is 31.9. The quantitative estimate of drug-likeness (QED) is 0.175. The molecule has 0 atom stereocenters. The first-order valence-electron chi connectivity index (χ1n) is 20.3. The molecule has 1 aliphatic heterocycles. The molecule has 3 heterocycles. The van der Waals surface area contributed by atoms with Crippen molar-refractivity contribution in [3.63, 3.8) is 0 Å². The van der Waals surface area contributed by atoms with Crippen LogP contribution in [0.3, 0.4) is 0 Å². The van der Waals surface area contributed by atoms with Gasteiger partial charge in [-0.05, 0) is 105 Å². The fraction of sp³-hybridized carbons (Fsp3) is 0. The molecular weight excluding hydrogens is 717 g/mol. The Kier molecular flexibility index (Phi) is 6.72. The summed E-state index contributed by atoms with van der Waals surface area (Å²) in [7, 11) is 0. The van der Waals surface area contributed by atoms with Crippen molar-refractivity contribution in [2.24, 2.45) is 0 Å². The molecular formula is C56H34N2O. The normalized spacial score (nSPS) is 12.2. The van der Waals surface area contributed by atoms with Gasteiger partial charge in [0.25, 0.3) is 0 Å². The topological polar surface area (TPSA) is 19.1 Å². The summed E-state index contributed by atoms with van der Waals surface area (Å²) in [6.07, 6.45) is 0. The average molecular weight is 751 g/mol. The van der Waals surface area contributed by atoms with E-state index >= 15 is 0 Å². The minimum Gasteiger partial charge on any atom is -0.456 e. The number of nitrogens with zero attached hydrogens (tertiary/aromatic N) is 2. The lowest BCUT2D eigenvalue weighted by atomic mass is 9.89. The van der Waals surface area contributed by atoms with Gasteiger partial charge in [-0.3, -0.25) is 0 Å². The van der Waals surface area contributed by atoms with Gasteiger partial charge in [0, 0.05) is 43.6 Å². The summed E-state index contributed by atoms with van der Waals surface area (Å²) in [4.78, 5) is 0. The van der Waals surface area contributed by atoms with Crippen molar-refractivity contribution in [1.82, 2.24) is 9.13 Å². The molecule has 0 fully saturated rings. The molecule has 13 rings (SSSR count). The predicted molar refractivity (Wildman–Crippen MR) is 247 cm³/mol. The molecule has 0 N–H and O–H groups in total. The highest BCUT2D eigenvalue weighted by Gasteiger charge is 2.26. The zero-order chi connectivity index (χ0) is 38.6. The van der Waals surface area contributed by atoms with Crippen molar-refractivity contribution in [3.05, 3.63) is 206 Å². The van der Waals surface area contributed by atoms with Crippen LogP contribution in [0.4, 0.5) is 0 Å². The lowest BCUT2D eigenvalue weighted by Crippen LogP contribution is -2.00. The molecule has 0 unspecified atom stereocenters. The van der Waals surface area contributed by atoms with Gasteiger partial charge in [0.2, 0.25) is 0 Å². The Hall–Kier alpha value is -7.88. The van der Waals surface area contributed by atoms with Gasteiger partial charge in [0.1, 0.15) is 11.5 Å². The standard InChI is InChI=1S/C56H34N2O/c1-3-14-35(15-4-1)36-26-29-51-45(32-36)42-20-9-11-23-48(42)58(51)50-30-28-39(40-18-7-8-19-41(40)50)37-27-31-53-46(33-37)47-34-52-55(44-22-13-25-54(59-53)56(44)47)43-21-10-12-24-49(43)57(52)38-16-5-2-6-17-38/h1-34H. The van der Waals surface area contributed by atoms with Crippen LogP contribution in [0.5, 0.6) is 11.5 Å². The molecule has 0 saturated carbocycles. The first-order chi connectivity index (χ1) is 29.3. The van der Waals surface area contributed by atoms with Crippen molar-refractivity contribution >= 4 is 65.2 Å². The Morgan fingerprint density at radius 1 is 0.288 bits per heavy atom. The van der Waals surface area contributed by atoms with Crippen molar-refractivity contribution < 1.29 is 4.74 Å². The molecule has 0 amide bonds. The van der Waals surface area contributed by atoms with Gasteiger partial charge in [-0.1, -0.05) is 140 Å².